The van der Waals surface area contributed by atoms with E-state index in [1.165, 1.54) is 25.7 Å². The predicted octanol–water partition coefficient (Wildman–Crippen LogP) is 2.19. The average Bonchev–Trinajstić information content (AvgIpc) is 2.17. The molecule has 0 radical (unpaired) electrons. The van der Waals surface area contributed by atoms with Gasteiger partial charge in [0.15, 0.2) is 6.29 Å². The van der Waals surface area contributed by atoms with Gasteiger partial charge in [0.05, 0.1) is 6.61 Å². The number of ether oxygens (including phenoxy) is 2. The molecule has 2 fully saturated rings. The molecule has 2 rings (SSSR count). The maximum absolute atomic E-state index is 5.57. The molecule has 1 heterocycles. The standard InChI is InChI=1S/C10H18O2/c1-11-10-6-8-4-2-3-5-9(8)7-12-10/h8-10H,2-7H2,1H3/t8-,9-,10-/m1/s1. The molecular formula is C10H18O2. The lowest BCUT2D eigenvalue weighted by molar-refractivity contribution is -0.181. The minimum atomic E-state index is 0.0874. The maximum Gasteiger partial charge on any atom is 0.157 e. The van der Waals surface area contributed by atoms with Crippen LogP contribution in [-0.4, -0.2) is 20.0 Å². The van der Waals surface area contributed by atoms with Gasteiger partial charge in [-0.2, -0.15) is 0 Å². The largest absolute Gasteiger partial charge is 0.356 e. The van der Waals surface area contributed by atoms with E-state index < -0.39 is 0 Å². The molecule has 0 bridgehead atoms. The molecule has 70 valence electrons. The smallest absolute Gasteiger partial charge is 0.157 e. The highest BCUT2D eigenvalue weighted by molar-refractivity contribution is 4.79. The first-order chi connectivity index (χ1) is 5.90. The van der Waals surface area contributed by atoms with E-state index in [2.05, 4.69) is 0 Å². The SMILES string of the molecule is CO[C@H]1C[C@H]2CCCC[C@@H]2CO1. The van der Waals surface area contributed by atoms with Crippen LogP contribution in [0.1, 0.15) is 32.1 Å². The topological polar surface area (TPSA) is 18.5 Å². The van der Waals surface area contributed by atoms with Crippen molar-refractivity contribution in [3.8, 4) is 0 Å². The first-order valence-electron chi connectivity index (χ1n) is 5.04. The van der Waals surface area contributed by atoms with Crippen LogP contribution < -0.4 is 0 Å². The van der Waals surface area contributed by atoms with Crippen LogP contribution >= 0.6 is 0 Å². The van der Waals surface area contributed by atoms with Crippen molar-refractivity contribution in [1.29, 1.82) is 0 Å². The van der Waals surface area contributed by atoms with E-state index in [4.69, 9.17) is 9.47 Å². The summed E-state index contributed by atoms with van der Waals surface area (Å²) in [6.45, 7) is 0.934. The van der Waals surface area contributed by atoms with Gasteiger partial charge in [-0.25, -0.2) is 0 Å². The zero-order valence-electron chi connectivity index (χ0n) is 7.79. The van der Waals surface area contributed by atoms with Gasteiger partial charge in [-0.05, 0) is 24.7 Å². The first kappa shape index (κ1) is 8.52. The molecule has 0 amide bonds. The molecule has 2 aliphatic rings. The first-order valence-corrected chi connectivity index (χ1v) is 5.04. The molecule has 0 aromatic rings. The van der Waals surface area contributed by atoms with Gasteiger partial charge in [0, 0.05) is 13.5 Å². The van der Waals surface area contributed by atoms with Gasteiger partial charge in [0.1, 0.15) is 0 Å². The Morgan fingerprint density at radius 3 is 2.67 bits per heavy atom. The van der Waals surface area contributed by atoms with Crippen LogP contribution in [0.5, 0.6) is 0 Å². The second-order valence-electron chi connectivity index (χ2n) is 4.04. The molecule has 0 N–H and O–H groups in total. The number of hydrogen-bond donors (Lipinski definition) is 0. The van der Waals surface area contributed by atoms with Gasteiger partial charge in [0.25, 0.3) is 0 Å². The van der Waals surface area contributed by atoms with E-state index in [0.717, 1.165) is 24.9 Å². The van der Waals surface area contributed by atoms with E-state index >= 15 is 0 Å². The quantitative estimate of drug-likeness (QED) is 0.600. The second kappa shape index (κ2) is 3.75. The van der Waals surface area contributed by atoms with E-state index in [1.807, 2.05) is 0 Å². The van der Waals surface area contributed by atoms with Crippen molar-refractivity contribution >= 4 is 0 Å². The van der Waals surface area contributed by atoms with E-state index in [9.17, 15) is 0 Å². The maximum atomic E-state index is 5.57. The molecule has 0 spiro atoms. The normalized spacial score (nSPS) is 42.2. The molecule has 1 saturated heterocycles. The fourth-order valence-electron chi connectivity index (χ4n) is 2.52. The molecule has 1 aliphatic carbocycles. The van der Waals surface area contributed by atoms with Crippen molar-refractivity contribution in [2.75, 3.05) is 13.7 Å². The Kier molecular flexibility index (Phi) is 2.66. The van der Waals surface area contributed by atoms with Crippen molar-refractivity contribution in [2.45, 2.75) is 38.4 Å². The van der Waals surface area contributed by atoms with Crippen molar-refractivity contribution in [3.05, 3.63) is 0 Å². The molecule has 0 unspecified atom stereocenters. The summed E-state index contributed by atoms with van der Waals surface area (Å²) < 4.78 is 10.8. The Morgan fingerprint density at radius 2 is 1.92 bits per heavy atom. The summed E-state index contributed by atoms with van der Waals surface area (Å²) in [7, 11) is 1.74. The van der Waals surface area contributed by atoms with Crippen LogP contribution in [0.15, 0.2) is 0 Å². The highest BCUT2D eigenvalue weighted by atomic mass is 16.7. The fraction of sp³-hybridized carbons (Fsp3) is 1.00. The van der Waals surface area contributed by atoms with Crippen LogP contribution in [0.3, 0.4) is 0 Å². The molecule has 2 nitrogen and oxygen atoms in total. The summed E-state index contributed by atoms with van der Waals surface area (Å²) in [5.74, 6) is 1.72. The third-order valence-electron chi connectivity index (χ3n) is 3.32. The van der Waals surface area contributed by atoms with Crippen molar-refractivity contribution in [2.24, 2.45) is 11.8 Å². The van der Waals surface area contributed by atoms with Gasteiger partial charge in [-0.1, -0.05) is 12.8 Å². The minimum Gasteiger partial charge on any atom is -0.356 e. The number of methoxy groups -OCH3 is 1. The monoisotopic (exact) mass is 170 g/mol. The summed E-state index contributed by atoms with van der Waals surface area (Å²) in [6, 6.07) is 0. The van der Waals surface area contributed by atoms with Crippen molar-refractivity contribution in [1.82, 2.24) is 0 Å². The van der Waals surface area contributed by atoms with Gasteiger partial charge < -0.3 is 9.47 Å². The van der Waals surface area contributed by atoms with Crippen LogP contribution in [0, 0.1) is 11.8 Å². The predicted molar refractivity (Wildman–Crippen MR) is 46.8 cm³/mol. The van der Waals surface area contributed by atoms with Crippen LogP contribution in [0.4, 0.5) is 0 Å². The Bertz CT molecular complexity index is 147. The molecule has 0 aromatic heterocycles. The minimum absolute atomic E-state index is 0.0874. The summed E-state index contributed by atoms with van der Waals surface area (Å²) in [4.78, 5) is 0. The Hall–Kier alpha value is -0.0800. The van der Waals surface area contributed by atoms with Crippen LogP contribution in [-0.2, 0) is 9.47 Å². The Balaban J connectivity index is 1.90. The summed E-state index contributed by atoms with van der Waals surface area (Å²) in [6.07, 6.45) is 6.81. The number of fused-ring (bicyclic) bond motifs is 1. The van der Waals surface area contributed by atoms with Gasteiger partial charge in [0.2, 0.25) is 0 Å². The Labute approximate surface area is 74.2 Å². The molecule has 12 heavy (non-hydrogen) atoms. The van der Waals surface area contributed by atoms with Crippen molar-refractivity contribution < 1.29 is 9.47 Å². The summed E-state index contributed by atoms with van der Waals surface area (Å²) >= 11 is 0. The van der Waals surface area contributed by atoms with Gasteiger partial charge >= 0.3 is 0 Å². The van der Waals surface area contributed by atoms with Crippen LogP contribution in [0.2, 0.25) is 0 Å². The molecule has 1 aliphatic heterocycles. The lowest BCUT2D eigenvalue weighted by Crippen LogP contribution is -2.36. The third kappa shape index (κ3) is 1.64. The van der Waals surface area contributed by atoms with E-state index in [-0.39, 0.29) is 6.29 Å². The second-order valence-corrected chi connectivity index (χ2v) is 4.04. The summed E-state index contributed by atoms with van der Waals surface area (Å²) in [5, 5.41) is 0. The average molecular weight is 170 g/mol. The van der Waals surface area contributed by atoms with E-state index in [0.29, 0.717) is 0 Å². The molecule has 2 heteroatoms. The lowest BCUT2D eigenvalue weighted by Gasteiger charge is -2.38. The molecule has 3 atom stereocenters. The Morgan fingerprint density at radius 1 is 1.17 bits per heavy atom. The highest BCUT2D eigenvalue weighted by Crippen LogP contribution is 2.37. The highest BCUT2D eigenvalue weighted by Gasteiger charge is 2.32. The summed E-state index contributed by atoms with van der Waals surface area (Å²) in [5.41, 5.74) is 0. The zero-order chi connectivity index (χ0) is 8.39. The molecule has 1 saturated carbocycles. The van der Waals surface area contributed by atoms with Gasteiger partial charge in [-0.15, -0.1) is 0 Å². The number of rotatable bonds is 1. The molecule has 0 aromatic carbocycles. The third-order valence-corrected chi connectivity index (χ3v) is 3.32. The van der Waals surface area contributed by atoms with Crippen LogP contribution in [0.25, 0.3) is 0 Å². The van der Waals surface area contributed by atoms with Crippen molar-refractivity contribution in [3.63, 3.8) is 0 Å². The molecular weight excluding hydrogens is 152 g/mol. The van der Waals surface area contributed by atoms with Gasteiger partial charge in [-0.3, -0.25) is 0 Å². The fourth-order valence-corrected chi connectivity index (χ4v) is 2.52. The number of hydrogen-bond acceptors (Lipinski definition) is 2. The zero-order valence-corrected chi connectivity index (χ0v) is 7.79. The van der Waals surface area contributed by atoms with E-state index in [1.54, 1.807) is 7.11 Å². The lowest BCUT2D eigenvalue weighted by atomic mass is 9.76.